The zero-order valence-corrected chi connectivity index (χ0v) is 13.2. The number of benzene rings is 1. The third-order valence-corrected chi connectivity index (χ3v) is 4.57. The number of rotatable bonds is 4. The van der Waals surface area contributed by atoms with Crippen LogP contribution in [0.15, 0.2) is 18.2 Å². The molecule has 1 aromatic carbocycles. The summed E-state index contributed by atoms with van der Waals surface area (Å²) in [5, 5.41) is 3.56. The molecule has 0 radical (unpaired) electrons. The van der Waals surface area contributed by atoms with Crippen molar-refractivity contribution in [2.45, 2.75) is 52.0 Å². The molecule has 0 saturated carbocycles. The molecule has 1 N–H and O–H groups in total. The fourth-order valence-electron chi connectivity index (χ4n) is 3.52. The van der Waals surface area contributed by atoms with E-state index in [1.54, 1.807) is 0 Å². The largest absolute Gasteiger partial charge is 0.314 e. The molecule has 3 rings (SSSR count). The second-order valence-electron chi connectivity index (χ2n) is 6.85. The number of anilines is 1. The topological polar surface area (TPSA) is 32.3 Å². The number of carbonyl (C=O) groups is 1. The van der Waals surface area contributed by atoms with Crippen molar-refractivity contribution < 1.29 is 4.79 Å². The maximum absolute atomic E-state index is 12.3. The quantitative estimate of drug-likeness (QED) is 0.923. The van der Waals surface area contributed by atoms with Crippen LogP contribution >= 0.6 is 0 Å². The lowest BCUT2D eigenvalue weighted by molar-refractivity contribution is -0.119. The number of nitrogens with one attached hydrogen (secondary N) is 1. The fourth-order valence-corrected chi connectivity index (χ4v) is 3.52. The van der Waals surface area contributed by atoms with Crippen molar-refractivity contribution in [2.24, 2.45) is 5.92 Å². The normalized spacial score (nSPS) is 21.1. The summed E-state index contributed by atoms with van der Waals surface area (Å²) in [7, 11) is 0. The predicted molar refractivity (Wildman–Crippen MR) is 86.7 cm³/mol. The van der Waals surface area contributed by atoms with Gasteiger partial charge in [0.25, 0.3) is 0 Å². The first-order chi connectivity index (χ1) is 10.1. The second kappa shape index (κ2) is 6.18. The van der Waals surface area contributed by atoms with Gasteiger partial charge in [-0.15, -0.1) is 0 Å². The molecule has 0 bridgehead atoms. The van der Waals surface area contributed by atoms with Gasteiger partial charge in [0.2, 0.25) is 5.91 Å². The molecule has 2 heterocycles. The van der Waals surface area contributed by atoms with Gasteiger partial charge >= 0.3 is 0 Å². The van der Waals surface area contributed by atoms with Crippen molar-refractivity contribution in [1.82, 2.24) is 5.32 Å². The Kier molecular flexibility index (Phi) is 4.29. The lowest BCUT2D eigenvalue weighted by Gasteiger charge is -2.19. The van der Waals surface area contributed by atoms with E-state index in [9.17, 15) is 4.79 Å². The molecule has 1 atom stereocenters. The monoisotopic (exact) mass is 286 g/mol. The minimum absolute atomic E-state index is 0.272. The van der Waals surface area contributed by atoms with Crippen molar-refractivity contribution in [1.29, 1.82) is 0 Å². The van der Waals surface area contributed by atoms with E-state index in [2.05, 4.69) is 37.4 Å². The van der Waals surface area contributed by atoms with Gasteiger partial charge in [-0.25, -0.2) is 0 Å². The van der Waals surface area contributed by atoms with Gasteiger partial charge in [0, 0.05) is 24.7 Å². The number of carbonyl (C=O) groups excluding carboxylic acids is 1. The van der Waals surface area contributed by atoms with Gasteiger partial charge in [0.1, 0.15) is 0 Å². The van der Waals surface area contributed by atoms with Gasteiger partial charge in [-0.05, 0) is 55.3 Å². The smallest absolute Gasteiger partial charge is 0.227 e. The van der Waals surface area contributed by atoms with Gasteiger partial charge < -0.3 is 10.2 Å². The molecule has 114 valence electrons. The van der Waals surface area contributed by atoms with Crippen molar-refractivity contribution in [3.05, 3.63) is 29.3 Å². The van der Waals surface area contributed by atoms with Crippen LogP contribution in [0.4, 0.5) is 5.69 Å². The van der Waals surface area contributed by atoms with E-state index >= 15 is 0 Å². The molecule has 2 aliphatic heterocycles. The van der Waals surface area contributed by atoms with Gasteiger partial charge in [-0.1, -0.05) is 26.0 Å². The molecule has 2 aliphatic rings. The molecule has 0 spiro atoms. The molecule has 1 fully saturated rings. The summed E-state index contributed by atoms with van der Waals surface area (Å²) in [6.07, 6.45) is 5.36. The molecule has 3 nitrogen and oxygen atoms in total. The Balaban J connectivity index is 1.70. The van der Waals surface area contributed by atoms with Gasteiger partial charge in [-0.3, -0.25) is 4.79 Å². The molecule has 1 unspecified atom stereocenters. The van der Waals surface area contributed by atoms with Gasteiger partial charge in [0.05, 0.1) is 0 Å². The van der Waals surface area contributed by atoms with Crippen LogP contribution in [0.25, 0.3) is 0 Å². The average Bonchev–Trinajstić information content (AvgIpc) is 3.06. The highest BCUT2D eigenvalue weighted by Crippen LogP contribution is 2.30. The summed E-state index contributed by atoms with van der Waals surface area (Å²) in [5.74, 6) is 0.697. The molecule has 1 saturated heterocycles. The first-order valence-corrected chi connectivity index (χ1v) is 8.29. The molecule has 0 aliphatic carbocycles. The highest BCUT2D eigenvalue weighted by molar-refractivity contribution is 5.95. The molecular weight excluding hydrogens is 260 g/mol. The fraction of sp³-hybridized carbons (Fsp3) is 0.611. The maximum Gasteiger partial charge on any atom is 0.227 e. The number of fused-ring (bicyclic) bond motifs is 1. The van der Waals surface area contributed by atoms with E-state index in [0.717, 1.165) is 31.6 Å². The first-order valence-electron chi connectivity index (χ1n) is 8.29. The second-order valence-corrected chi connectivity index (χ2v) is 6.85. The van der Waals surface area contributed by atoms with Crippen LogP contribution in [0, 0.1) is 5.92 Å². The average molecular weight is 286 g/mol. The van der Waals surface area contributed by atoms with E-state index in [1.165, 1.54) is 24.0 Å². The lowest BCUT2D eigenvalue weighted by atomic mass is 10.0. The standard InChI is InChI=1S/C18H26N2O/c1-13(2)10-18(21)20-9-7-15-11-14(5-6-17(15)20)12-16-4-3-8-19-16/h5-6,11,13,16,19H,3-4,7-10,12H2,1-2H3. The molecule has 1 amide bonds. The van der Waals surface area contributed by atoms with Crippen molar-refractivity contribution >= 4 is 11.6 Å². The zero-order chi connectivity index (χ0) is 14.8. The minimum atomic E-state index is 0.272. The van der Waals surface area contributed by atoms with E-state index in [4.69, 9.17) is 0 Å². The number of hydrogen-bond acceptors (Lipinski definition) is 2. The van der Waals surface area contributed by atoms with Gasteiger partial charge in [-0.2, -0.15) is 0 Å². The molecule has 1 aromatic rings. The predicted octanol–water partition coefficient (Wildman–Crippen LogP) is 2.92. The Morgan fingerprint density at radius 1 is 1.43 bits per heavy atom. The molecule has 21 heavy (non-hydrogen) atoms. The minimum Gasteiger partial charge on any atom is -0.314 e. The third kappa shape index (κ3) is 3.29. The number of hydrogen-bond donors (Lipinski definition) is 1. The summed E-state index contributed by atoms with van der Waals surface area (Å²) in [6, 6.07) is 7.32. The zero-order valence-electron chi connectivity index (χ0n) is 13.2. The molecular formula is C18H26N2O. The highest BCUT2D eigenvalue weighted by atomic mass is 16.2. The molecule has 3 heteroatoms. The van der Waals surface area contributed by atoms with Crippen molar-refractivity contribution in [3.63, 3.8) is 0 Å². The summed E-state index contributed by atoms with van der Waals surface area (Å²) in [5.41, 5.74) is 3.90. The van der Waals surface area contributed by atoms with Gasteiger partial charge in [0.15, 0.2) is 0 Å². The third-order valence-electron chi connectivity index (χ3n) is 4.57. The van der Waals surface area contributed by atoms with Crippen molar-refractivity contribution in [3.8, 4) is 0 Å². The number of amides is 1. The Labute approximate surface area is 127 Å². The Morgan fingerprint density at radius 3 is 3.00 bits per heavy atom. The lowest BCUT2D eigenvalue weighted by Crippen LogP contribution is -2.29. The Bertz CT molecular complexity index is 518. The van der Waals surface area contributed by atoms with Crippen LogP contribution in [0.3, 0.4) is 0 Å². The summed E-state index contributed by atoms with van der Waals surface area (Å²) < 4.78 is 0. The Hall–Kier alpha value is -1.35. The Morgan fingerprint density at radius 2 is 2.29 bits per heavy atom. The maximum atomic E-state index is 12.3. The van der Waals surface area contributed by atoms with Crippen molar-refractivity contribution in [2.75, 3.05) is 18.0 Å². The highest BCUT2D eigenvalue weighted by Gasteiger charge is 2.25. The van der Waals surface area contributed by atoms with Crippen LogP contribution in [-0.2, 0) is 17.6 Å². The van der Waals surface area contributed by atoms with Crippen LogP contribution in [0.5, 0.6) is 0 Å². The van der Waals surface area contributed by atoms with Crippen LogP contribution < -0.4 is 10.2 Å². The summed E-state index contributed by atoms with van der Waals surface area (Å²) >= 11 is 0. The molecule has 0 aromatic heterocycles. The van der Waals surface area contributed by atoms with Crippen LogP contribution in [-0.4, -0.2) is 25.0 Å². The van der Waals surface area contributed by atoms with E-state index in [0.29, 0.717) is 18.4 Å². The summed E-state index contributed by atoms with van der Waals surface area (Å²) in [6.45, 7) is 6.22. The van der Waals surface area contributed by atoms with Crippen LogP contribution in [0.2, 0.25) is 0 Å². The number of nitrogens with zero attached hydrogens (tertiary/aromatic N) is 1. The SMILES string of the molecule is CC(C)CC(=O)N1CCc2cc(CC3CCCN3)ccc21. The van der Waals surface area contributed by atoms with Crippen LogP contribution in [0.1, 0.15) is 44.2 Å². The van der Waals surface area contributed by atoms with E-state index in [1.807, 2.05) is 4.90 Å². The van der Waals surface area contributed by atoms with E-state index < -0.39 is 0 Å². The first kappa shape index (κ1) is 14.6. The summed E-state index contributed by atoms with van der Waals surface area (Å²) in [4.78, 5) is 14.3. The van der Waals surface area contributed by atoms with E-state index in [-0.39, 0.29) is 5.91 Å².